The number of hydrogen-bond donors (Lipinski definition) is 2. The van der Waals surface area contributed by atoms with Crippen LogP contribution >= 0.6 is 0 Å². The van der Waals surface area contributed by atoms with E-state index in [-0.39, 0.29) is 18.1 Å². The highest BCUT2D eigenvalue weighted by Crippen LogP contribution is 2.21. The highest BCUT2D eigenvalue weighted by molar-refractivity contribution is 5.99. The number of nitrogen functional groups attached to an aromatic ring is 1. The van der Waals surface area contributed by atoms with Crippen LogP contribution in [0.3, 0.4) is 0 Å². The predicted molar refractivity (Wildman–Crippen MR) is 74.9 cm³/mol. The molecular formula is C14H21N3O2. The average molecular weight is 263 g/mol. The molecule has 1 aliphatic rings. The maximum Gasteiger partial charge on any atom is 0.256 e. The lowest BCUT2D eigenvalue weighted by Gasteiger charge is -2.35. The molecule has 104 valence electrons. The Labute approximate surface area is 113 Å². The molecule has 0 bridgehead atoms. The summed E-state index contributed by atoms with van der Waals surface area (Å²) in [6.07, 6.45) is 0.125. The third-order valence-electron chi connectivity index (χ3n) is 3.27. The van der Waals surface area contributed by atoms with E-state index in [2.05, 4.69) is 5.43 Å². The molecule has 1 heterocycles. The highest BCUT2D eigenvalue weighted by Gasteiger charge is 2.27. The molecule has 2 unspecified atom stereocenters. The van der Waals surface area contributed by atoms with Crippen LogP contribution in [0.15, 0.2) is 18.2 Å². The average Bonchev–Trinajstić information content (AvgIpc) is 2.36. The summed E-state index contributed by atoms with van der Waals surface area (Å²) in [6, 6.07) is 5.61. The third kappa shape index (κ3) is 3.05. The molecule has 1 aliphatic heterocycles. The first-order chi connectivity index (χ1) is 9.01. The second-order valence-electron chi connectivity index (χ2n) is 5.16. The van der Waals surface area contributed by atoms with Crippen LogP contribution in [0.4, 0.5) is 5.69 Å². The van der Waals surface area contributed by atoms with E-state index in [1.807, 2.05) is 43.9 Å². The van der Waals surface area contributed by atoms with E-state index in [0.717, 1.165) is 5.56 Å². The molecule has 2 atom stereocenters. The van der Waals surface area contributed by atoms with E-state index in [1.54, 1.807) is 0 Å². The normalized spacial score (nSPS) is 23.3. The maximum absolute atomic E-state index is 12.6. The van der Waals surface area contributed by atoms with Crippen LogP contribution in [0.1, 0.15) is 29.8 Å². The molecule has 5 nitrogen and oxygen atoms in total. The van der Waals surface area contributed by atoms with Crippen LogP contribution in [0.25, 0.3) is 0 Å². The second kappa shape index (κ2) is 5.59. The summed E-state index contributed by atoms with van der Waals surface area (Å²) in [6.45, 7) is 7.15. The maximum atomic E-state index is 12.6. The molecule has 5 heteroatoms. The van der Waals surface area contributed by atoms with Crippen molar-refractivity contribution in [3.63, 3.8) is 0 Å². The molecule has 1 amide bonds. The van der Waals surface area contributed by atoms with Crippen LogP contribution in [0.5, 0.6) is 0 Å². The summed E-state index contributed by atoms with van der Waals surface area (Å²) >= 11 is 0. The van der Waals surface area contributed by atoms with Gasteiger partial charge in [-0.05, 0) is 38.5 Å². The van der Waals surface area contributed by atoms with Crippen molar-refractivity contribution in [3.8, 4) is 0 Å². The van der Waals surface area contributed by atoms with Crippen LogP contribution < -0.4 is 11.3 Å². The van der Waals surface area contributed by atoms with Gasteiger partial charge in [-0.3, -0.25) is 10.6 Å². The minimum Gasteiger partial charge on any atom is -0.372 e. The summed E-state index contributed by atoms with van der Waals surface area (Å²) in [5.74, 6) is 5.49. The van der Waals surface area contributed by atoms with Gasteiger partial charge in [0.25, 0.3) is 5.91 Å². The van der Waals surface area contributed by atoms with Crippen molar-refractivity contribution < 1.29 is 9.53 Å². The summed E-state index contributed by atoms with van der Waals surface area (Å²) in [4.78, 5) is 14.4. The number of amides is 1. The predicted octanol–water partition coefficient (Wildman–Crippen LogP) is 1.53. The zero-order chi connectivity index (χ0) is 14.0. The van der Waals surface area contributed by atoms with E-state index < -0.39 is 0 Å². The largest absolute Gasteiger partial charge is 0.372 e. The fourth-order valence-corrected chi connectivity index (χ4v) is 2.48. The molecule has 2 rings (SSSR count). The smallest absolute Gasteiger partial charge is 0.256 e. The molecule has 0 aromatic heterocycles. The van der Waals surface area contributed by atoms with E-state index in [9.17, 15) is 4.79 Å². The molecule has 0 aliphatic carbocycles. The summed E-state index contributed by atoms with van der Waals surface area (Å²) in [7, 11) is 0. The molecule has 0 saturated carbocycles. The van der Waals surface area contributed by atoms with Crippen LogP contribution in [0.2, 0.25) is 0 Å². The standard InChI is InChI=1S/C14H21N3O2/c1-9-4-5-12(13(6-9)16-15)14(18)17-7-10(2)19-11(3)8-17/h4-6,10-11,16H,7-8,15H2,1-3H3. The van der Waals surface area contributed by atoms with Crippen molar-refractivity contribution in [3.05, 3.63) is 29.3 Å². The molecule has 1 aromatic carbocycles. The fraction of sp³-hybridized carbons (Fsp3) is 0.500. The summed E-state index contributed by atoms with van der Waals surface area (Å²) in [5, 5.41) is 0. The Hall–Kier alpha value is -1.59. The number of carbonyl (C=O) groups is 1. The Balaban J connectivity index is 2.24. The molecule has 0 spiro atoms. The van der Waals surface area contributed by atoms with Crippen molar-refractivity contribution in [2.24, 2.45) is 5.84 Å². The van der Waals surface area contributed by atoms with Gasteiger partial charge in [0.1, 0.15) is 0 Å². The van der Waals surface area contributed by atoms with Crippen molar-refractivity contribution in [2.75, 3.05) is 18.5 Å². The van der Waals surface area contributed by atoms with Gasteiger partial charge in [0, 0.05) is 13.1 Å². The topological polar surface area (TPSA) is 67.6 Å². The Bertz CT molecular complexity index is 466. The number of hydrogen-bond acceptors (Lipinski definition) is 4. The number of benzene rings is 1. The lowest BCUT2D eigenvalue weighted by Crippen LogP contribution is -2.48. The quantitative estimate of drug-likeness (QED) is 0.627. The van der Waals surface area contributed by atoms with E-state index in [4.69, 9.17) is 10.6 Å². The minimum absolute atomic E-state index is 0.00468. The molecule has 19 heavy (non-hydrogen) atoms. The van der Waals surface area contributed by atoms with Crippen LogP contribution in [-0.4, -0.2) is 36.1 Å². The molecule has 1 fully saturated rings. The zero-order valence-electron chi connectivity index (χ0n) is 11.6. The van der Waals surface area contributed by atoms with Gasteiger partial charge in [0.15, 0.2) is 0 Å². The third-order valence-corrected chi connectivity index (χ3v) is 3.27. The molecule has 1 aromatic rings. The monoisotopic (exact) mass is 263 g/mol. The first kappa shape index (κ1) is 13.8. The SMILES string of the molecule is Cc1ccc(C(=O)N2CC(C)OC(C)C2)c(NN)c1. The number of rotatable bonds is 2. The lowest BCUT2D eigenvalue weighted by molar-refractivity contribution is -0.0585. The van der Waals surface area contributed by atoms with Gasteiger partial charge in [0.05, 0.1) is 23.5 Å². The number of morpholine rings is 1. The second-order valence-corrected chi connectivity index (χ2v) is 5.16. The van der Waals surface area contributed by atoms with Crippen molar-refractivity contribution in [1.29, 1.82) is 0 Å². The van der Waals surface area contributed by atoms with Gasteiger partial charge in [-0.1, -0.05) is 6.07 Å². The number of aryl methyl sites for hydroxylation is 1. The summed E-state index contributed by atoms with van der Waals surface area (Å²) < 4.78 is 5.64. The minimum atomic E-state index is -0.00468. The Morgan fingerprint density at radius 3 is 2.58 bits per heavy atom. The Morgan fingerprint density at radius 1 is 1.37 bits per heavy atom. The van der Waals surface area contributed by atoms with Crippen molar-refractivity contribution in [1.82, 2.24) is 4.90 Å². The number of anilines is 1. The van der Waals surface area contributed by atoms with E-state index >= 15 is 0 Å². The van der Waals surface area contributed by atoms with Gasteiger partial charge in [-0.2, -0.15) is 0 Å². The number of ether oxygens (including phenoxy) is 1. The lowest BCUT2D eigenvalue weighted by atomic mass is 10.1. The van der Waals surface area contributed by atoms with Crippen molar-refractivity contribution >= 4 is 11.6 Å². The van der Waals surface area contributed by atoms with Gasteiger partial charge >= 0.3 is 0 Å². The van der Waals surface area contributed by atoms with Gasteiger partial charge in [0.2, 0.25) is 0 Å². The van der Waals surface area contributed by atoms with Gasteiger partial charge < -0.3 is 15.1 Å². The van der Waals surface area contributed by atoms with Crippen LogP contribution in [0, 0.1) is 6.92 Å². The summed E-state index contributed by atoms with van der Waals surface area (Å²) in [5.41, 5.74) is 4.93. The number of nitrogens with zero attached hydrogens (tertiary/aromatic N) is 1. The van der Waals surface area contributed by atoms with Gasteiger partial charge in [-0.15, -0.1) is 0 Å². The first-order valence-electron chi connectivity index (χ1n) is 6.53. The number of nitrogens with one attached hydrogen (secondary N) is 1. The van der Waals surface area contributed by atoms with E-state index in [0.29, 0.717) is 24.3 Å². The molecule has 3 N–H and O–H groups in total. The Kier molecular flexibility index (Phi) is 4.07. The highest BCUT2D eigenvalue weighted by atomic mass is 16.5. The first-order valence-corrected chi connectivity index (χ1v) is 6.53. The zero-order valence-corrected chi connectivity index (χ0v) is 11.6. The number of hydrazine groups is 1. The Morgan fingerprint density at radius 2 is 2.00 bits per heavy atom. The number of nitrogens with two attached hydrogens (primary N) is 1. The van der Waals surface area contributed by atoms with Crippen molar-refractivity contribution in [2.45, 2.75) is 33.0 Å². The van der Waals surface area contributed by atoms with Crippen LogP contribution in [-0.2, 0) is 4.74 Å². The fourth-order valence-electron chi connectivity index (χ4n) is 2.48. The molecule has 0 radical (unpaired) electrons. The van der Waals surface area contributed by atoms with Gasteiger partial charge in [-0.25, -0.2) is 0 Å². The molecular weight excluding hydrogens is 242 g/mol. The molecule has 1 saturated heterocycles. The number of carbonyl (C=O) groups excluding carboxylic acids is 1. The van der Waals surface area contributed by atoms with E-state index in [1.165, 1.54) is 0 Å².